The standard InChI is InChI=1S/C19H39IN4O2/c1-7-10-23(11-8-13-25)17(4)15-19(22-18(5)21-6)24(20)12-9-14-26-16(2)3/h15-16,18,21-22,25H,4,7-14H2,1-3,5-6H3/b19-15+. The lowest BCUT2D eigenvalue weighted by molar-refractivity contribution is 0.0758. The van der Waals surface area contributed by atoms with Crippen LogP contribution in [-0.4, -0.2) is 65.3 Å². The topological polar surface area (TPSA) is 60.0 Å². The molecular weight excluding hydrogens is 443 g/mol. The Kier molecular flexibility index (Phi) is 15.2. The third-order valence-electron chi connectivity index (χ3n) is 3.80. The molecule has 0 aliphatic heterocycles. The van der Waals surface area contributed by atoms with Crippen LogP contribution in [0.1, 0.15) is 47.0 Å². The molecule has 0 fully saturated rings. The third-order valence-corrected chi connectivity index (χ3v) is 4.80. The van der Waals surface area contributed by atoms with Gasteiger partial charge in [-0.05, 0) is 47.1 Å². The summed E-state index contributed by atoms with van der Waals surface area (Å²) in [4.78, 5) is 2.23. The van der Waals surface area contributed by atoms with E-state index >= 15 is 0 Å². The van der Waals surface area contributed by atoms with Gasteiger partial charge in [-0.3, -0.25) is 0 Å². The molecule has 6 nitrogen and oxygen atoms in total. The molecule has 0 spiro atoms. The van der Waals surface area contributed by atoms with Gasteiger partial charge in [-0.25, -0.2) is 0 Å². The number of ether oxygens (including phenoxy) is 1. The average Bonchev–Trinajstić information content (AvgIpc) is 2.60. The molecule has 0 heterocycles. The van der Waals surface area contributed by atoms with Crippen molar-refractivity contribution in [2.24, 2.45) is 0 Å². The first-order chi connectivity index (χ1) is 12.3. The molecule has 0 rings (SSSR count). The van der Waals surface area contributed by atoms with Gasteiger partial charge in [0.15, 0.2) is 0 Å². The van der Waals surface area contributed by atoms with Crippen LogP contribution in [-0.2, 0) is 4.74 Å². The summed E-state index contributed by atoms with van der Waals surface area (Å²) in [6, 6.07) is 0. The number of halogens is 1. The maximum atomic E-state index is 9.13. The van der Waals surface area contributed by atoms with E-state index < -0.39 is 0 Å². The first-order valence-corrected chi connectivity index (χ1v) is 10.6. The molecule has 0 aliphatic rings. The fourth-order valence-electron chi connectivity index (χ4n) is 2.30. The van der Waals surface area contributed by atoms with E-state index in [4.69, 9.17) is 9.84 Å². The molecule has 0 amide bonds. The van der Waals surface area contributed by atoms with Gasteiger partial charge in [0.2, 0.25) is 0 Å². The lowest BCUT2D eigenvalue weighted by Crippen LogP contribution is -2.40. The minimum absolute atomic E-state index is 0.148. The molecule has 0 aromatic heterocycles. The number of rotatable bonds is 16. The zero-order chi connectivity index (χ0) is 19.9. The van der Waals surface area contributed by atoms with Gasteiger partial charge in [-0.15, -0.1) is 0 Å². The fraction of sp³-hybridized carbons (Fsp3) is 0.789. The number of allylic oxidation sites excluding steroid dienone is 1. The molecule has 1 atom stereocenters. The van der Waals surface area contributed by atoms with E-state index in [0.29, 0.717) is 0 Å². The minimum Gasteiger partial charge on any atom is -0.396 e. The number of aliphatic hydroxyl groups excluding tert-OH is 1. The number of hydrogen-bond donors (Lipinski definition) is 3. The molecule has 0 aromatic rings. The fourth-order valence-corrected chi connectivity index (χ4v) is 2.92. The molecule has 26 heavy (non-hydrogen) atoms. The second-order valence-electron chi connectivity index (χ2n) is 6.60. The zero-order valence-corrected chi connectivity index (χ0v) is 19.4. The zero-order valence-electron chi connectivity index (χ0n) is 17.2. The lowest BCUT2D eigenvalue weighted by atomic mass is 10.3. The summed E-state index contributed by atoms with van der Waals surface area (Å²) in [5.41, 5.74) is 0.964. The Morgan fingerprint density at radius 2 is 1.92 bits per heavy atom. The predicted octanol–water partition coefficient (Wildman–Crippen LogP) is 3.06. The van der Waals surface area contributed by atoms with E-state index in [-0.39, 0.29) is 18.9 Å². The van der Waals surface area contributed by atoms with Crippen LogP contribution in [0.15, 0.2) is 24.2 Å². The number of aliphatic hydroxyl groups is 1. The van der Waals surface area contributed by atoms with Crippen LogP contribution >= 0.6 is 22.9 Å². The molecule has 0 saturated carbocycles. The smallest absolute Gasteiger partial charge is 0.113 e. The van der Waals surface area contributed by atoms with Crippen molar-refractivity contribution in [2.75, 3.05) is 39.9 Å². The quantitative estimate of drug-likeness (QED) is 0.103. The van der Waals surface area contributed by atoms with Crippen LogP contribution in [0.4, 0.5) is 0 Å². The van der Waals surface area contributed by atoms with E-state index in [0.717, 1.165) is 57.0 Å². The van der Waals surface area contributed by atoms with Crippen molar-refractivity contribution >= 4 is 22.9 Å². The summed E-state index contributed by atoms with van der Waals surface area (Å²) in [7, 11) is 1.93. The molecule has 154 valence electrons. The molecule has 0 bridgehead atoms. The van der Waals surface area contributed by atoms with Gasteiger partial charge in [0.05, 0.1) is 35.1 Å². The van der Waals surface area contributed by atoms with E-state index in [1.165, 1.54) is 0 Å². The van der Waals surface area contributed by atoms with Crippen molar-refractivity contribution in [1.29, 1.82) is 0 Å². The Balaban J connectivity index is 4.99. The Labute approximate surface area is 174 Å². The van der Waals surface area contributed by atoms with Gasteiger partial charge >= 0.3 is 0 Å². The highest BCUT2D eigenvalue weighted by molar-refractivity contribution is 14.1. The van der Waals surface area contributed by atoms with Gasteiger partial charge in [0, 0.05) is 44.6 Å². The number of hydrogen-bond acceptors (Lipinski definition) is 6. The summed E-state index contributed by atoms with van der Waals surface area (Å²) >= 11 is 2.34. The Hall–Kier alpha value is -0.510. The minimum atomic E-state index is 0.148. The van der Waals surface area contributed by atoms with E-state index in [1.54, 1.807) is 0 Å². The van der Waals surface area contributed by atoms with Crippen molar-refractivity contribution < 1.29 is 9.84 Å². The van der Waals surface area contributed by atoms with Gasteiger partial charge in [-0.1, -0.05) is 13.5 Å². The second-order valence-corrected chi connectivity index (χ2v) is 7.76. The first kappa shape index (κ1) is 25.5. The van der Waals surface area contributed by atoms with E-state index in [9.17, 15) is 0 Å². The first-order valence-electron chi connectivity index (χ1n) is 9.60. The van der Waals surface area contributed by atoms with Crippen LogP contribution in [0.5, 0.6) is 0 Å². The van der Waals surface area contributed by atoms with Gasteiger partial charge in [0.1, 0.15) is 5.82 Å². The highest BCUT2D eigenvalue weighted by atomic mass is 127. The monoisotopic (exact) mass is 482 g/mol. The molecule has 0 saturated heterocycles. The molecule has 0 aromatic carbocycles. The van der Waals surface area contributed by atoms with Crippen LogP contribution < -0.4 is 10.6 Å². The molecule has 3 N–H and O–H groups in total. The van der Waals surface area contributed by atoms with Crippen LogP contribution in [0.3, 0.4) is 0 Å². The Morgan fingerprint density at radius 3 is 2.46 bits per heavy atom. The van der Waals surface area contributed by atoms with E-state index in [1.807, 2.05) is 7.05 Å². The summed E-state index contributed by atoms with van der Waals surface area (Å²) in [5, 5.41) is 15.8. The van der Waals surface area contributed by atoms with Crippen molar-refractivity contribution in [1.82, 2.24) is 18.6 Å². The SMILES string of the molecule is C=C(/C=C(\NC(C)NC)N(I)CCCOC(C)C)N(CCC)CCCO. The van der Waals surface area contributed by atoms with Gasteiger partial charge in [0.25, 0.3) is 0 Å². The highest BCUT2D eigenvalue weighted by Gasteiger charge is 2.12. The van der Waals surface area contributed by atoms with Crippen LogP contribution in [0.2, 0.25) is 0 Å². The van der Waals surface area contributed by atoms with Crippen molar-refractivity contribution in [3.05, 3.63) is 24.2 Å². The maximum Gasteiger partial charge on any atom is 0.113 e. The summed E-state index contributed by atoms with van der Waals surface area (Å²) in [6.45, 7) is 16.2. The number of nitrogens with one attached hydrogen (secondary N) is 2. The lowest BCUT2D eigenvalue weighted by Gasteiger charge is -2.29. The van der Waals surface area contributed by atoms with Crippen molar-refractivity contribution in [3.8, 4) is 0 Å². The molecular formula is C19H39IN4O2. The van der Waals surface area contributed by atoms with Crippen LogP contribution in [0.25, 0.3) is 0 Å². The van der Waals surface area contributed by atoms with Crippen molar-refractivity contribution in [2.45, 2.75) is 59.2 Å². The van der Waals surface area contributed by atoms with E-state index in [2.05, 4.69) is 81.9 Å². The normalized spacial score (nSPS) is 13.0. The summed E-state index contributed by atoms with van der Waals surface area (Å²) in [5.74, 6) is 1.02. The molecule has 0 aliphatic carbocycles. The van der Waals surface area contributed by atoms with Gasteiger partial charge in [-0.2, -0.15) is 0 Å². The Morgan fingerprint density at radius 1 is 1.23 bits per heavy atom. The van der Waals surface area contributed by atoms with Crippen LogP contribution in [0, 0.1) is 0 Å². The molecule has 1 unspecified atom stereocenters. The molecule has 0 radical (unpaired) electrons. The van der Waals surface area contributed by atoms with Crippen molar-refractivity contribution in [3.63, 3.8) is 0 Å². The average molecular weight is 482 g/mol. The highest BCUT2D eigenvalue weighted by Crippen LogP contribution is 2.15. The second kappa shape index (κ2) is 15.5. The maximum absolute atomic E-state index is 9.13. The van der Waals surface area contributed by atoms with Gasteiger partial charge < -0.3 is 28.5 Å². The largest absolute Gasteiger partial charge is 0.396 e. The summed E-state index contributed by atoms with van der Waals surface area (Å²) < 4.78 is 7.82. The Bertz CT molecular complexity index is 405. The molecule has 7 heteroatoms. The third kappa shape index (κ3) is 12.0. The summed E-state index contributed by atoms with van der Waals surface area (Å²) in [6.07, 6.45) is 5.28. The predicted molar refractivity (Wildman–Crippen MR) is 119 cm³/mol. The number of nitrogens with zero attached hydrogens (tertiary/aromatic N) is 2.